The van der Waals surface area contributed by atoms with Crippen molar-refractivity contribution in [2.45, 2.75) is 31.7 Å². The van der Waals surface area contributed by atoms with E-state index in [-0.39, 0.29) is 0 Å². The Kier molecular flexibility index (Phi) is 4.60. The molecule has 1 aromatic carbocycles. The predicted molar refractivity (Wildman–Crippen MR) is 71.5 cm³/mol. The van der Waals surface area contributed by atoms with E-state index >= 15 is 0 Å². The zero-order chi connectivity index (χ0) is 12.8. The summed E-state index contributed by atoms with van der Waals surface area (Å²) >= 11 is 0. The molecule has 0 unspecified atom stereocenters. The van der Waals surface area contributed by atoms with Gasteiger partial charge in [-0.15, -0.1) is 0 Å². The van der Waals surface area contributed by atoms with Crippen molar-refractivity contribution in [3.05, 3.63) is 29.8 Å². The fourth-order valence-electron chi connectivity index (χ4n) is 2.18. The molecule has 1 aliphatic carbocycles. The van der Waals surface area contributed by atoms with Crippen LogP contribution in [-0.4, -0.2) is 31.1 Å². The zero-order valence-electron chi connectivity index (χ0n) is 10.9. The Hall–Kier alpha value is -1.53. The second-order valence-electron chi connectivity index (χ2n) is 4.77. The average Bonchev–Trinajstić information content (AvgIpc) is 3.24. The van der Waals surface area contributed by atoms with Crippen molar-refractivity contribution in [3.63, 3.8) is 0 Å². The summed E-state index contributed by atoms with van der Waals surface area (Å²) < 4.78 is 5.15. The van der Waals surface area contributed by atoms with Gasteiger partial charge in [0.15, 0.2) is 0 Å². The smallest absolute Gasteiger partial charge is 0.118 e. The predicted octanol–water partition coefficient (Wildman–Crippen LogP) is 2.62. The Bertz CT molecular complexity index is 403. The lowest BCUT2D eigenvalue weighted by atomic mass is 10.1. The van der Waals surface area contributed by atoms with Crippen LogP contribution < -0.4 is 4.74 Å². The maximum Gasteiger partial charge on any atom is 0.118 e. The first-order valence-corrected chi connectivity index (χ1v) is 6.57. The van der Waals surface area contributed by atoms with Gasteiger partial charge in [0.1, 0.15) is 5.75 Å². The summed E-state index contributed by atoms with van der Waals surface area (Å²) in [6.07, 6.45) is 4.28. The molecule has 1 fully saturated rings. The molecule has 2 rings (SSSR count). The quantitative estimate of drug-likeness (QED) is 0.739. The first kappa shape index (κ1) is 12.9. The highest BCUT2D eigenvalue weighted by Gasteiger charge is 2.27. The summed E-state index contributed by atoms with van der Waals surface area (Å²) in [6, 6.07) is 11.2. The molecular formula is C15H20N2O. The van der Waals surface area contributed by atoms with E-state index in [0.29, 0.717) is 6.42 Å². The molecule has 96 valence electrons. The number of hydrogen-bond acceptors (Lipinski definition) is 3. The number of nitrogens with zero attached hydrogens (tertiary/aromatic N) is 2. The second kappa shape index (κ2) is 6.42. The molecule has 1 saturated carbocycles. The van der Waals surface area contributed by atoms with Gasteiger partial charge in [-0.1, -0.05) is 12.1 Å². The highest BCUT2D eigenvalue weighted by Crippen LogP contribution is 2.27. The Morgan fingerprint density at radius 3 is 2.56 bits per heavy atom. The van der Waals surface area contributed by atoms with Crippen LogP contribution in [0.5, 0.6) is 5.75 Å². The van der Waals surface area contributed by atoms with Crippen molar-refractivity contribution in [2.24, 2.45) is 0 Å². The van der Waals surface area contributed by atoms with E-state index in [1.54, 1.807) is 7.11 Å². The van der Waals surface area contributed by atoms with Gasteiger partial charge < -0.3 is 4.74 Å². The third kappa shape index (κ3) is 3.75. The average molecular weight is 244 g/mol. The lowest BCUT2D eigenvalue weighted by Gasteiger charge is -2.20. The van der Waals surface area contributed by atoms with Crippen molar-refractivity contribution in [1.29, 1.82) is 5.26 Å². The van der Waals surface area contributed by atoms with Crippen LogP contribution >= 0.6 is 0 Å². The molecule has 0 spiro atoms. The fraction of sp³-hybridized carbons (Fsp3) is 0.533. The van der Waals surface area contributed by atoms with Gasteiger partial charge in [-0.2, -0.15) is 5.26 Å². The minimum Gasteiger partial charge on any atom is -0.497 e. The van der Waals surface area contributed by atoms with Gasteiger partial charge in [0.2, 0.25) is 0 Å². The molecule has 0 heterocycles. The monoisotopic (exact) mass is 244 g/mol. The number of methoxy groups -OCH3 is 1. The molecule has 0 radical (unpaired) electrons. The second-order valence-corrected chi connectivity index (χ2v) is 4.77. The molecule has 1 aliphatic rings. The van der Waals surface area contributed by atoms with Crippen LogP contribution in [0.2, 0.25) is 0 Å². The lowest BCUT2D eigenvalue weighted by Crippen LogP contribution is -2.29. The highest BCUT2D eigenvalue weighted by molar-refractivity contribution is 5.27. The topological polar surface area (TPSA) is 36.3 Å². The van der Waals surface area contributed by atoms with E-state index in [0.717, 1.165) is 31.3 Å². The summed E-state index contributed by atoms with van der Waals surface area (Å²) in [5.74, 6) is 0.905. The molecule has 0 N–H and O–H groups in total. The zero-order valence-corrected chi connectivity index (χ0v) is 10.9. The lowest BCUT2D eigenvalue weighted by molar-refractivity contribution is 0.273. The Balaban J connectivity index is 1.82. The summed E-state index contributed by atoms with van der Waals surface area (Å²) in [7, 11) is 1.69. The maximum atomic E-state index is 8.67. The highest BCUT2D eigenvalue weighted by atomic mass is 16.5. The molecule has 1 aromatic rings. The van der Waals surface area contributed by atoms with Gasteiger partial charge in [-0.05, 0) is 37.0 Å². The summed E-state index contributed by atoms with van der Waals surface area (Å²) in [5, 5.41) is 8.67. The van der Waals surface area contributed by atoms with Crippen LogP contribution in [0.1, 0.15) is 24.8 Å². The van der Waals surface area contributed by atoms with Crippen LogP contribution in [-0.2, 0) is 6.42 Å². The SMILES string of the molecule is COc1ccc(CCN(CCC#N)C2CC2)cc1. The molecular weight excluding hydrogens is 224 g/mol. The van der Waals surface area contributed by atoms with Crippen molar-refractivity contribution in [3.8, 4) is 11.8 Å². The number of rotatable bonds is 7. The van der Waals surface area contributed by atoms with E-state index in [9.17, 15) is 0 Å². The van der Waals surface area contributed by atoms with Gasteiger partial charge in [0.25, 0.3) is 0 Å². The van der Waals surface area contributed by atoms with Crippen molar-refractivity contribution >= 4 is 0 Å². The molecule has 18 heavy (non-hydrogen) atoms. The summed E-state index contributed by atoms with van der Waals surface area (Å²) in [5.41, 5.74) is 1.33. The van der Waals surface area contributed by atoms with Crippen LogP contribution in [0.15, 0.2) is 24.3 Å². The van der Waals surface area contributed by atoms with Crippen molar-refractivity contribution in [2.75, 3.05) is 20.2 Å². The van der Waals surface area contributed by atoms with Gasteiger partial charge in [0, 0.05) is 25.6 Å². The van der Waals surface area contributed by atoms with Crippen LogP contribution in [0.3, 0.4) is 0 Å². The van der Waals surface area contributed by atoms with E-state index in [4.69, 9.17) is 10.00 Å². The van der Waals surface area contributed by atoms with E-state index in [1.165, 1.54) is 18.4 Å². The minimum atomic E-state index is 0.638. The molecule has 0 bridgehead atoms. The summed E-state index contributed by atoms with van der Waals surface area (Å²) in [6.45, 7) is 1.97. The third-order valence-electron chi connectivity index (χ3n) is 3.42. The first-order chi connectivity index (χ1) is 8.83. The molecule has 0 saturated heterocycles. The van der Waals surface area contributed by atoms with Crippen LogP contribution in [0.25, 0.3) is 0 Å². The largest absolute Gasteiger partial charge is 0.497 e. The Morgan fingerprint density at radius 1 is 1.28 bits per heavy atom. The normalized spacial score (nSPS) is 14.5. The molecule has 0 aromatic heterocycles. The standard InChI is InChI=1S/C15H20N2O/c1-18-15-7-3-13(4-8-15)9-12-17(11-2-10-16)14-5-6-14/h3-4,7-8,14H,2,5-6,9,11-12H2,1H3. The van der Waals surface area contributed by atoms with E-state index in [1.807, 2.05) is 12.1 Å². The van der Waals surface area contributed by atoms with Gasteiger partial charge in [0.05, 0.1) is 13.2 Å². The third-order valence-corrected chi connectivity index (χ3v) is 3.42. The van der Waals surface area contributed by atoms with Gasteiger partial charge in [-0.25, -0.2) is 0 Å². The van der Waals surface area contributed by atoms with Crippen molar-refractivity contribution < 1.29 is 4.74 Å². The maximum absolute atomic E-state index is 8.67. The van der Waals surface area contributed by atoms with Crippen LogP contribution in [0.4, 0.5) is 0 Å². The number of nitriles is 1. The Morgan fingerprint density at radius 2 is 2.00 bits per heavy atom. The van der Waals surface area contributed by atoms with E-state index < -0.39 is 0 Å². The number of benzene rings is 1. The first-order valence-electron chi connectivity index (χ1n) is 6.57. The molecule has 0 aliphatic heterocycles. The summed E-state index contributed by atoms with van der Waals surface area (Å²) in [4.78, 5) is 2.45. The fourth-order valence-corrected chi connectivity index (χ4v) is 2.18. The minimum absolute atomic E-state index is 0.638. The molecule has 0 atom stereocenters. The van der Waals surface area contributed by atoms with Gasteiger partial charge >= 0.3 is 0 Å². The van der Waals surface area contributed by atoms with E-state index in [2.05, 4.69) is 23.1 Å². The number of ether oxygens (including phenoxy) is 1. The Labute approximate surface area is 109 Å². The molecule has 3 heteroatoms. The van der Waals surface area contributed by atoms with Gasteiger partial charge in [-0.3, -0.25) is 4.90 Å². The molecule has 3 nitrogen and oxygen atoms in total. The van der Waals surface area contributed by atoms with Crippen LogP contribution in [0, 0.1) is 11.3 Å². The number of hydrogen-bond donors (Lipinski definition) is 0. The molecule has 0 amide bonds. The van der Waals surface area contributed by atoms with Crippen molar-refractivity contribution in [1.82, 2.24) is 4.90 Å².